The molecule has 0 saturated heterocycles. The summed E-state index contributed by atoms with van der Waals surface area (Å²) in [6.45, 7) is 3.50. The van der Waals surface area contributed by atoms with Crippen LogP contribution in [0.15, 0.2) is 56.5 Å². The molecule has 1 aromatic carbocycles. The predicted molar refractivity (Wildman–Crippen MR) is 82.7 cm³/mol. The van der Waals surface area contributed by atoms with Gasteiger partial charge in [-0.2, -0.15) is 8.42 Å². The van der Waals surface area contributed by atoms with E-state index in [0.717, 1.165) is 5.56 Å². The first-order valence-corrected chi connectivity index (χ1v) is 8.18. The van der Waals surface area contributed by atoms with Gasteiger partial charge in [-0.25, -0.2) is 0 Å². The summed E-state index contributed by atoms with van der Waals surface area (Å²) in [6.07, 6.45) is 2.77. The fourth-order valence-corrected chi connectivity index (χ4v) is 2.65. The minimum atomic E-state index is -3.98. The lowest BCUT2D eigenvalue weighted by Crippen LogP contribution is -2.11. The third-order valence-corrected chi connectivity index (χ3v) is 4.53. The summed E-state index contributed by atoms with van der Waals surface area (Å²) in [6, 6.07) is 6.24. The quantitative estimate of drug-likeness (QED) is 0.606. The zero-order valence-corrected chi connectivity index (χ0v) is 13.7. The first kappa shape index (κ1) is 15.7. The van der Waals surface area contributed by atoms with Crippen LogP contribution in [0.4, 0.5) is 0 Å². The van der Waals surface area contributed by atoms with Crippen LogP contribution < -0.4 is 0 Å². The molecule has 0 N–H and O–H groups in total. The van der Waals surface area contributed by atoms with Gasteiger partial charge in [0.15, 0.2) is 5.78 Å². The van der Waals surface area contributed by atoms with Crippen molar-refractivity contribution in [3.63, 3.8) is 0 Å². The second kappa shape index (κ2) is 5.95. The van der Waals surface area contributed by atoms with Gasteiger partial charge < -0.3 is 0 Å². The first-order valence-electron chi connectivity index (χ1n) is 5.98. The summed E-state index contributed by atoms with van der Waals surface area (Å²) >= 11 is 3.08. The molecule has 21 heavy (non-hydrogen) atoms. The monoisotopic (exact) mass is 369 g/mol. The number of allylic oxidation sites excluding steroid dienone is 4. The largest absolute Gasteiger partial charge is 0.358 e. The number of carbonyl (C=O) groups excluding carboxylic acids is 1. The maximum absolute atomic E-state index is 12.0. The molecule has 0 aromatic heterocycles. The van der Waals surface area contributed by atoms with Crippen molar-refractivity contribution in [2.24, 2.45) is 5.16 Å². The fraction of sp³-hybridized carbons (Fsp3) is 0.143. The Hall–Kier alpha value is -1.73. The molecule has 0 amide bonds. The van der Waals surface area contributed by atoms with Crippen LogP contribution in [0.5, 0.6) is 0 Å². The smallest absolute Gasteiger partial charge is 0.289 e. The molecule has 0 bridgehead atoms. The number of benzene rings is 1. The summed E-state index contributed by atoms with van der Waals surface area (Å²) in [5, 5.41) is 3.62. The van der Waals surface area contributed by atoms with E-state index in [1.165, 1.54) is 24.3 Å². The Kier molecular flexibility index (Phi) is 4.43. The number of halogens is 1. The van der Waals surface area contributed by atoms with Gasteiger partial charge in [-0.1, -0.05) is 22.9 Å². The van der Waals surface area contributed by atoms with E-state index < -0.39 is 10.1 Å². The molecule has 0 atom stereocenters. The Morgan fingerprint density at radius 2 is 1.71 bits per heavy atom. The zero-order chi connectivity index (χ0) is 15.6. The number of hydrogen-bond acceptors (Lipinski definition) is 5. The molecule has 110 valence electrons. The van der Waals surface area contributed by atoms with Crippen molar-refractivity contribution in [2.75, 3.05) is 0 Å². The van der Waals surface area contributed by atoms with Gasteiger partial charge in [0, 0.05) is 0 Å². The van der Waals surface area contributed by atoms with E-state index in [9.17, 15) is 13.2 Å². The second-order valence-corrected chi connectivity index (χ2v) is 6.89. The van der Waals surface area contributed by atoms with Crippen LogP contribution in [-0.4, -0.2) is 19.9 Å². The van der Waals surface area contributed by atoms with E-state index in [1.54, 1.807) is 19.1 Å². The number of oxime groups is 1. The number of hydrogen-bond donors (Lipinski definition) is 0. The molecule has 0 spiro atoms. The molecule has 0 unspecified atom stereocenters. The minimum Gasteiger partial charge on any atom is -0.289 e. The zero-order valence-electron chi connectivity index (χ0n) is 11.3. The molecule has 1 aliphatic carbocycles. The van der Waals surface area contributed by atoms with Gasteiger partial charge in [0.2, 0.25) is 0 Å². The third-order valence-electron chi connectivity index (χ3n) is 2.79. The summed E-state index contributed by atoms with van der Waals surface area (Å²) in [7, 11) is -3.98. The van der Waals surface area contributed by atoms with E-state index >= 15 is 0 Å². The average Bonchev–Trinajstić information content (AvgIpc) is 2.42. The molecule has 0 heterocycles. The van der Waals surface area contributed by atoms with E-state index in [0.29, 0.717) is 10.1 Å². The van der Waals surface area contributed by atoms with Crippen molar-refractivity contribution in [2.45, 2.75) is 18.7 Å². The summed E-state index contributed by atoms with van der Waals surface area (Å²) in [4.78, 5) is 11.4. The Bertz CT molecular complexity index is 774. The molecular weight excluding hydrogens is 358 g/mol. The highest BCUT2D eigenvalue weighted by Crippen LogP contribution is 2.19. The van der Waals surface area contributed by atoms with Gasteiger partial charge in [-0.15, -0.1) is 0 Å². The summed E-state index contributed by atoms with van der Waals surface area (Å²) < 4.78 is 29.0. The maximum atomic E-state index is 12.0. The van der Waals surface area contributed by atoms with E-state index in [-0.39, 0.29) is 16.4 Å². The van der Waals surface area contributed by atoms with E-state index in [2.05, 4.69) is 21.1 Å². The highest BCUT2D eigenvalue weighted by Gasteiger charge is 2.18. The van der Waals surface area contributed by atoms with Crippen molar-refractivity contribution in [3.05, 3.63) is 52.0 Å². The average molecular weight is 370 g/mol. The first-order chi connectivity index (χ1) is 9.79. The van der Waals surface area contributed by atoms with Crippen molar-refractivity contribution >= 4 is 37.5 Å². The van der Waals surface area contributed by atoms with Crippen LogP contribution in [0.2, 0.25) is 0 Å². The molecule has 0 radical (unpaired) electrons. The third kappa shape index (κ3) is 3.68. The lowest BCUT2D eigenvalue weighted by atomic mass is 10.1. The van der Waals surface area contributed by atoms with E-state index in [4.69, 9.17) is 4.28 Å². The lowest BCUT2D eigenvalue weighted by molar-refractivity contribution is -0.110. The highest BCUT2D eigenvalue weighted by molar-refractivity contribution is 9.12. The number of aryl methyl sites for hydroxylation is 1. The van der Waals surface area contributed by atoms with Gasteiger partial charge in [0.1, 0.15) is 10.6 Å². The van der Waals surface area contributed by atoms with Gasteiger partial charge in [0.25, 0.3) is 0 Å². The SMILES string of the molecule is CC1=CC(=O)C(Br)=CC1=NOS(=O)(=O)c1ccc(C)cc1. The van der Waals surface area contributed by atoms with Crippen LogP contribution in [0, 0.1) is 6.92 Å². The number of ketones is 1. The van der Waals surface area contributed by atoms with Gasteiger partial charge in [-0.05, 0) is 59.6 Å². The minimum absolute atomic E-state index is 0.0222. The van der Waals surface area contributed by atoms with Gasteiger partial charge >= 0.3 is 10.1 Å². The second-order valence-electron chi connectivity index (χ2n) is 4.50. The Balaban J connectivity index is 2.26. The van der Waals surface area contributed by atoms with Crippen molar-refractivity contribution in [3.8, 4) is 0 Å². The Morgan fingerprint density at radius 1 is 1.10 bits per heavy atom. The molecule has 7 heteroatoms. The van der Waals surface area contributed by atoms with Gasteiger partial charge in [-0.3, -0.25) is 9.08 Å². The molecule has 1 aliphatic rings. The van der Waals surface area contributed by atoms with Gasteiger partial charge in [0.05, 0.1) is 4.48 Å². The maximum Gasteiger partial charge on any atom is 0.358 e. The van der Waals surface area contributed by atoms with Crippen LogP contribution in [0.1, 0.15) is 12.5 Å². The summed E-state index contributed by atoms with van der Waals surface area (Å²) in [5.41, 5.74) is 1.75. The van der Waals surface area contributed by atoms with E-state index in [1.807, 2.05) is 6.92 Å². The lowest BCUT2D eigenvalue weighted by Gasteiger charge is -2.08. The summed E-state index contributed by atoms with van der Waals surface area (Å²) in [5.74, 6) is -0.201. The van der Waals surface area contributed by atoms with Crippen molar-refractivity contribution in [1.82, 2.24) is 0 Å². The standard InChI is InChI=1S/C14H12BrNO4S/c1-9-3-5-11(6-4-9)21(18,19)20-16-13-8-12(15)14(17)7-10(13)2/h3-8H,1-2H3. The normalized spacial score (nSPS) is 17.5. The molecular formula is C14H12BrNO4S. The number of rotatable bonds is 3. The molecule has 5 nitrogen and oxygen atoms in total. The molecule has 1 aromatic rings. The van der Waals surface area contributed by atoms with Crippen LogP contribution >= 0.6 is 15.9 Å². The van der Waals surface area contributed by atoms with Crippen molar-refractivity contribution in [1.29, 1.82) is 0 Å². The topological polar surface area (TPSA) is 72.8 Å². The Morgan fingerprint density at radius 3 is 2.33 bits per heavy atom. The predicted octanol–water partition coefficient (Wildman–Crippen LogP) is 2.86. The van der Waals surface area contributed by atoms with Crippen LogP contribution in [0.3, 0.4) is 0 Å². The Labute approximate surface area is 131 Å². The van der Waals surface area contributed by atoms with Crippen LogP contribution in [-0.2, 0) is 19.2 Å². The molecule has 0 saturated carbocycles. The number of carbonyl (C=O) groups is 1. The highest BCUT2D eigenvalue weighted by atomic mass is 79.9. The molecule has 0 aliphatic heterocycles. The fourth-order valence-electron chi connectivity index (χ4n) is 1.58. The molecule has 2 rings (SSSR count). The molecule has 0 fully saturated rings. The van der Waals surface area contributed by atoms with Crippen molar-refractivity contribution < 1.29 is 17.5 Å². The number of nitrogens with zero attached hydrogens (tertiary/aromatic N) is 1. The van der Waals surface area contributed by atoms with Crippen LogP contribution in [0.25, 0.3) is 0 Å².